The molecule has 2 aliphatic heterocycles. The average Bonchev–Trinajstić information content (AvgIpc) is 3.17. The van der Waals surface area contributed by atoms with E-state index in [-0.39, 0.29) is 11.3 Å². The van der Waals surface area contributed by atoms with E-state index < -0.39 is 17.7 Å². The highest BCUT2D eigenvalue weighted by Gasteiger charge is 2.46. The number of Topliss-reactive ketones (excluding diaryl/α,β-unsaturated/α-hetero) is 1. The van der Waals surface area contributed by atoms with Gasteiger partial charge in [-0.1, -0.05) is 42.8 Å². The zero-order chi connectivity index (χ0) is 26.4. The van der Waals surface area contributed by atoms with E-state index in [1.807, 2.05) is 51.1 Å². The minimum Gasteiger partial charge on any atom is -0.507 e. The molecule has 0 radical (unpaired) electrons. The summed E-state index contributed by atoms with van der Waals surface area (Å²) >= 11 is 0. The second-order valence-electron chi connectivity index (χ2n) is 9.30. The van der Waals surface area contributed by atoms with Crippen LogP contribution in [-0.2, 0) is 14.3 Å². The molecule has 37 heavy (non-hydrogen) atoms. The molecule has 2 aliphatic rings. The van der Waals surface area contributed by atoms with Crippen molar-refractivity contribution in [3.8, 4) is 11.5 Å². The van der Waals surface area contributed by atoms with E-state index in [2.05, 4.69) is 4.90 Å². The highest BCUT2D eigenvalue weighted by Crippen LogP contribution is 2.42. The van der Waals surface area contributed by atoms with Crippen LogP contribution in [0.15, 0.2) is 48.0 Å². The molecule has 198 valence electrons. The fourth-order valence-corrected chi connectivity index (χ4v) is 4.69. The Kier molecular flexibility index (Phi) is 8.84. The lowest BCUT2D eigenvalue weighted by atomic mass is 9.94. The van der Waals surface area contributed by atoms with Crippen LogP contribution >= 0.6 is 0 Å². The van der Waals surface area contributed by atoms with E-state index in [1.165, 1.54) is 0 Å². The highest BCUT2D eigenvalue weighted by molar-refractivity contribution is 6.46. The average molecular weight is 509 g/mol. The van der Waals surface area contributed by atoms with E-state index in [0.29, 0.717) is 62.1 Å². The molecule has 1 N–H and O–H groups in total. The first-order chi connectivity index (χ1) is 17.9. The van der Waals surface area contributed by atoms with Gasteiger partial charge >= 0.3 is 0 Å². The summed E-state index contributed by atoms with van der Waals surface area (Å²) in [5.41, 5.74) is 2.29. The lowest BCUT2D eigenvalue weighted by Crippen LogP contribution is -2.42. The lowest BCUT2D eigenvalue weighted by Gasteiger charge is -2.31. The van der Waals surface area contributed by atoms with E-state index in [0.717, 1.165) is 25.1 Å². The molecule has 2 aromatic carbocycles. The monoisotopic (exact) mass is 508 g/mol. The number of ketones is 1. The Morgan fingerprint density at radius 3 is 2.41 bits per heavy atom. The number of morpholine rings is 1. The molecule has 8 heteroatoms. The van der Waals surface area contributed by atoms with Crippen LogP contribution in [-0.4, -0.2) is 79.2 Å². The van der Waals surface area contributed by atoms with Crippen LogP contribution in [0.25, 0.3) is 5.76 Å². The van der Waals surface area contributed by atoms with Crippen molar-refractivity contribution >= 4 is 17.4 Å². The van der Waals surface area contributed by atoms with Gasteiger partial charge in [0.1, 0.15) is 5.76 Å². The van der Waals surface area contributed by atoms with Crippen LogP contribution in [0.5, 0.6) is 11.5 Å². The van der Waals surface area contributed by atoms with Gasteiger partial charge in [0.25, 0.3) is 11.7 Å². The molecule has 2 heterocycles. The van der Waals surface area contributed by atoms with Crippen LogP contribution in [0.2, 0.25) is 0 Å². The van der Waals surface area contributed by atoms with Crippen LogP contribution in [0.3, 0.4) is 0 Å². The summed E-state index contributed by atoms with van der Waals surface area (Å²) in [6.07, 6.45) is 0.853. The number of aliphatic hydroxyl groups is 1. The van der Waals surface area contributed by atoms with Gasteiger partial charge in [-0.2, -0.15) is 0 Å². The standard InChI is InChI=1S/C29H36N2O6/c1-4-16-37-23-11-10-22(19-24(23)36-5-2)26-25(27(32)21-8-6-20(3)7-9-21)28(33)29(34)31(26)13-12-30-14-17-35-18-15-30/h6-11,19,26,32H,4-5,12-18H2,1-3H3. The van der Waals surface area contributed by atoms with Gasteiger partial charge in [0, 0.05) is 31.7 Å². The van der Waals surface area contributed by atoms with Gasteiger partial charge in [-0.15, -0.1) is 0 Å². The Bertz CT molecular complexity index is 1140. The normalized spacial score (nSPS) is 19.9. The minimum atomic E-state index is -0.748. The van der Waals surface area contributed by atoms with Gasteiger partial charge in [-0.05, 0) is 38.0 Å². The molecule has 2 fully saturated rings. The van der Waals surface area contributed by atoms with Crippen molar-refractivity contribution in [1.82, 2.24) is 9.80 Å². The number of amides is 1. The maximum Gasteiger partial charge on any atom is 0.295 e. The van der Waals surface area contributed by atoms with Crippen LogP contribution in [0.4, 0.5) is 0 Å². The fraction of sp³-hybridized carbons (Fsp3) is 0.448. The van der Waals surface area contributed by atoms with Gasteiger partial charge in [-0.3, -0.25) is 14.5 Å². The second kappa shape index (κ2) is 12.3. The van der Waals surface area contributed by atoms with Crippen LogP contribution in [0, 0.1) is 6.92 Å². The summed E-state index contributed by atoms with van der Waals surface area (Å²) in [6.45, 7) is 10.6. The summed E-state index contributed by atoms with van der Waals surface area (Å²) in [5, 5.41) is 11.3. The lowest BCUT2D eigenvalue weighted by molar-refractivity contribution is -0.140. The summed E-state index contributed by atoms with van der Waals surface area (Å²) < 4.78 is 17.2. The van der Waals surface area contributed by atoms with E-state index >= 15 is 0 Å². The number of benzene rings is 2. The molecule has 8 nitrogen and oxygen atoms in total. The largest absolute Gasteiger partial charge is 0.507 e. The van der Waals surface area contributed by atoms with Gasteiger partial charge in [0.2, 0.25) is 0 Å². The minimum absolute atomic E-state index is 0.0838. The number of aliphatic hydroxyl groups excluding tert-OH is 1. The smallest absolute Gasteiger partial charge is 0.295 e. The molecule has 0 spiro atoms. The Morgan fingerprint density at radius 1 is 1.00 bits per heavy atom. The Hall–Kier alpha value is -3.36. The molecule has 0 aromatic heterocycles. The van der Waals surface area contributed by atoms with Crippen molar-refractivity contribution < 1.29 is 28.9 Å². The topological polar surface area (TPSA) is 88.5 Å². The first-order valence-electron chi connectivity index (χ1n) is 13.0. The predicted octanol–water partition coefficient (Wildman–Crippen LogP) is 3.94. The van der Waals surface area contributed by atoms with Gasteiger partial charge < -0.3 is 24.2 Å². The zero-order valence-corrected chi connectivity index (χ0v) is 21.9. The molecule has 2 aromatic rings. The van der Waals surface area contributed by atoms with Crippen molar-refractivity contribution in [1.29, 1.82) is 0 Å². The Morgan fingerprint density at radius 2 is 1.73 bits per heavy atom. The summed E-state index contributed by atoms with van der Waals surface area (Å²) in [6, 6.07) is 12.0. The Balaban J connectivity index is 1.76. The van der Waals surface area contributed by atoms with Crippen molar-refractivity contribution in [2.45, 2.75) is 33.2 Å². The number of nitrogens with zero attached hydrogens (tertiary/aromatic N) is 2. The molecule has 4 rings (SSSR count). The first kappa shape index (κ1) is 26.7. The number of hydrogen-bond acceptors (Lipinski definition) is 7. The predicted molar refractivity (Wildman–Crippen MR) is 141 cm³/mol. The number of carbonyl (C=O) groups is 2. The number of ether oxygens (including phenoxy) is 3. The third kappa shape index (κ3) is 5.97. The molecule has 1 unspecified atom stereocenters. The number of carbonyl (C=O) groups excluding carboxylic acids is 2. The molecule has 0 aliphatic carbocycles. The molecule has 1 amide bonds. The van der Waals surface area contributed by atoms with Gasteiger partial charge in [0.05, 0.1) is 38.0 Å². The summed E-state index contributed by atoms with van der Waals surface area (Å²) in [4.78, 5) is 30.4. The van der Waals surface area contributed by atoms with Crippen molar-refractivity contribution in [3.05, 3.63) is 64.7 Å². The molecular weight excluding hydrogens is 472 g/mol. The third-order valence-electron chi connectivity index (χ3n) is 6.67. The third-order valence-corrected chi connectivity index (χ3v) is 6.67. The van der Waals surface area contributed by atoms with Crippen LogP contribution in [0.1, 0.15) is 43.0 Å². The highest BCUT2D eigenvalue weighted by atomic mass is 16.5. The Labute approximate surface area is 218 Å². The van der Waals surface area contributed by atoms with Crippen molar-refractivity contribution in [2.75, 3.05) is 52.6 Å². The molecule has 0 saturated carbocycles. The zero-order valence-electron chi connectivity index (χ0n) is 21.9. The van der Waals surface area contributed by atoms with Gasteiger partial charge in [0.15, 0.2) is 11.5 Å². The molecule has 0 bridgehead atoms. The molecule has 2 saturated heterocycles. The first-order valence-corrected chi connectivity index (χ1v) is 13.0. The van der Waals surface area contributed by atoms with Crippen molar-refractivity contribution in [3.63, 3.8) is 0 Å². The van der Waals surface area contributed by atoms with Crippen LogP contribution < -0.4 is 9.47 Å². The number of hydrogen-bond donors (Lipinski definition) is 1. The van der Waals surface area contributed by atoms with E-state index in [1.54, 1.807) is 17.0 Å². The SMILES string of the molecule is CCCOc1ccc(C2C(=C(O)c3ccc(C)cc3)C(=O)C(=O)N2CCN2CCOCC2)cc1OCC. The van der Waals surface area contributed by atoms with E-state index in [9.17, 15) is 14.7 Å². The number of rotatable bonds is 10. The maximum absolute atomic E-state index is 13.4. The van der Waals surface area contributed by atoms with Crippen molar-refractivity contribution in [2.24, 2.45) is 0 Å². The fourth-order valence-electron chi connectivity index (χ4n) is 4.69. The maximum atomic E-state index is 13.4. The summed E-state index contributed by atoms with van der Waals surface area (Å²) in [5.74, 6) is -0.328. The van der Waals surface area contributed by atoms with E-state index in [4.69, 9.17) is 14.2 Å². The molecular formula is C29H36N2O6. The quantitative estimate of drug-likeness (QED) is 0.295. The van der Waals surface area contributed by atoms with Gasteiger partial charge in [-0.25, -0.2) is 0 Å². The molecule has 1 atom stereocenters. The number of likely N-dealkylation sites (tertiary alicyclic amines) is 1. The number of aryl methyl sites for hydroxylation is 1. The summed E-state index contributed by atoms with van der Waals surface area (Å²) in [7, 11) is 0. The second-order valence-corrected chi connectivity index (χ2v) is 9.30.